The molecule has 1 saturated heterocycles. The predicted molar refractivity (Wildman–Crippen MR) is 100 cm³/mol. The van der Waals surface area contributed by atoms with Crippen molar-refractivity contribution in [3.8, 4) is 5.75 Å². The number of fused-ring (bicyclic) bond motifs is 1. The van der Waals surface area contributed by atoms with E-state index in [1.807, 2.05) is 12.1 Å². The number of hydrogen-bond acceptors (Lipinski definition) is 5. The standard InChI is InChI=1S/C19H27N3O5/c1-19(2,3)27-18(25)21-7-8-22(15(11-21)12-23)17(24)20-14-4-5-16-13(10-14)6-9-26-16/h4-5,10,15,23H,6-9,11-12H2,1-3H3,(H,20,24). The molecular weight excluding hydrogens is 350 g/mol. The van der Waals surface area contributed by atoms with Crippen LogP contribution in [0.4, 0.5) is 15.3 Å². The molecule has 0 aliphatic carbocycles. The van der Waals surface area contributed by atoms with E-state index in [1.165, 1.54) is 4.90 Å². The van der Waals surface area contributed by atoms with Crippen molar-refractivity contribution in [3.63, 3.8) is 0 Å². The fourth-order valence-corrected chi connectivity index (χ4v) is 3.23. The number of aliphatic hydroxyl groups is 1. The summed E-state index contributed by atoms with van der Waals surface area (Å²) < 4.78 is 10.9. The van der Waals surface area contributed by atoms with Crippen LogP contribution in [0.5, 0.6) is 5.75 Å². The lowest BCUT2D eigenvalue weighted by atomic mass is 10.1. The lowest BCUT2D eigenvalue weighted by Crippen LogP contribution is -2.59. The molecular formula is C19H27N3O5. The van der Waals surface area contributed by atoms with E-state index in [2.05, 4.69) is 5.32 Å². The second-order valence-corrected chi connectivity index (χ2v) is 7.81. The van der Waals surface area contributed by atoms with Gasteiger partial charge in [0.05, 0.1) is 19.3 Å². The number of amides is 3. The van der Waals surface area contributed by atoms with Crippen molar-refractivity contribution < 1.29 is 24.2 Å². The van der Waals surface area contributed by atoms with Gasteiger partial charge in [-0.05, 0) is 44.5 Å². The zero-order chi connectivity index (χ0) is 19.6. The first-order chi connectivity index (χ1) is 12.8. The molecule has 1 aromatic rings. The van der Waals surface area contributed by atoms with Gasteiger partial charge < -0.3 is 29.7 Å². The molecule has 8 heteroatoms. The van der Waals surface area contributed by atoms with Gasteiger partial charge in [0, 0.05) is 31.7 Å². The normalized spacial score (nSPS) is 19.3. The molecule has 0 radical (unpaired) electrons. The van der Waals surface area contributed by atoms with Crippen LogP contribution >= 0.6 is 0 Å². The number of piperazine rings is 1. The van der Waals surface area contributed by atoms with Gasteiger partial charge in [-0.3, -0.25) is 0 Å². The maximum Gasteiger partial charge on any atom is 0.410 e. The zero-order valence-corrected chi connectivity index (χ0v) is 16.0. The van der Waals surface area contributed by atoms with Crippen LogP contribution < -0.4 is 10.1 Å². The van der Waals surface area contributed by atoms with Gasteiger partial charge in [-0.2, -0.15) is 0 Å². The molecule has 8 nitrogen and oxygen atoms in total. The highest BCUT2D eigenvalue weighted by Crippen LogP contribution is 2.28. The van der Waals surface area contributed by atoms with Crippen molar-refractivity contribution in [2.75, 3.05) is 38.2 Å². The maximum atomic E-state index is 12.7. The number of urea groups is 1. The number of carbonyl (C=O) groups excluding carboxylic acids is 2. The fourth-order valence-electron chi connectivity index (χ4n) is 3.23. The summed E-state index contributed by atoms with van der Waals surface area (Å²) in [6, 6.07) is 4.78. The minimum Gasteiger partial charge on any atom is -0.493 e. The average molecular weight is 377 g/mol. The molecule has 1 aromatic carbocycles. The lowest BCUT2D eigenvalue weighted by Gasteiger charge is -2.40. The molecule has 3 amide bonds. The second kappa shape index (κ2) is 7.64. The van der Waals surface area contributed by atoms with Crippen molar-refractivity contribution in [1.29, 1.82) is 0 Å². The number of nitrogens with zero attached hydrogens (tertiary/aromatic N) is 2. The molecule has 1 unspecified atom stereocenters. The van der Waals surface area contributed by atoms with Gasteiger partial charge >= 0.3 is 12.1 Å². The third-order valence-corrected chi connectivity index (χ3v) is 4.55. The Balaban J connectivity index is 1.61. The Bertz CT molecular complexity index is 716. The largest absolute Gasteiger partial charge is 0.493 e. The summed E-state index contributed by atoms with van der Waals surface area (Å²) in [5.74, 6) is 0.854. The van der Waals surface area contributed by atoms with E-state index in [9.17, 15) is 14.7 Å². The Morgan fingerprint density at radius 1 is 1.33 bits per heavy atom. The van der Waals surface area contributed by atoms with Crippen molar-refractivity contribution in [2.45, 2.75) is 38.8 Å². The van der Waals surface area contributed by atoms with Crippen LogP contribution in [0.3, 0.4) is 0 Å². The van der Waals surface area contributed by atoms with Crippen LogP contribution in [0, 0.1) is 0 Å². The van der Waals surface area contributed by atoms with Crippen molar-refractivity contribution in [3.05, 3.63) is 23.8 Å². The highest BCUT2D eigenvalue weighted by atomic mass is 16.6. The molecule has 1 atom stereocenters. The summed E-state index contributed by atoms with van der Waals surface area (Å²) in [5, 5.41) is 12.6. The lowest BCUT2D eigenvalue weighted by molar-refractivity contribution is 0.00416. The molecule has 2 aliphatic rings. The molecule has 0 bridgehead atoms. The Labute approximate surface area is 159 Å². The van der Waals surface area contributed by atoms with E-state index in [0.29, 0.717) is 25.4 Å². The molecule has 148 valence electrons. The number of hydrogen-bond donors (Lipinski definition) is 2. The van der Waals surface area contributed by atoms with Crippen LogP contribution in [0.25, 0.3) is 0 Å². The molecule has 2 N–H and O–H groups in total. The smallest absolute Gasteiger partial charge is 0.410 e. The maximum absolute atomic E-state index is 12.7. The molecule has 27 heavy (non-hydrogen) atoms. The monoisotopic (exact) mass is 377 g/mol. The molecule has 3 rings (SSSR count). The zero-order valence-electron chi connectivity index (χ0n) is 16.0. The van der Waals surface area contributed by atoms with Crippen LogP contribution in [0.15, 0.2) is 18.2 Å². The van der Waals surface area contributed by atoms with Crippen LogP contribution in [-0.2, 0) is 11.2 Å². The minimum atomic E-state index is -0.586. The van der Waals surface area contributed by atoms with Crippen molar-refractivity contribution >= 4 is 17.8 Å². The summed E-state index contributed by atoms with van der Waals surface area (Å²) in [6.45, 7) is 6.76. The topological polar surface area (TPSA) is 91.3 Å². The summed E-state index contributed by atoms with van der Waals surface area (Å²) in [5.41, 5.74) is 1.18. The summed E-state index contributed by atoms with van der Waals surface area (Å²) in [7, 11) is 0. The number of nitrogens with one attached hydrogen (secondary N) is 1. The predicted octanol–water partition coefficient (Wildman–Crippen LogP) is 2.07. The van der Waals surface area contributed by atoms with Gasteiger partial charge in [-0.15, -0.1) is 0 Å². The Kier molecular flexibility index (Phi) is 5.46. The molecule has 0 saturated carbocycles. The third kappa shape index (κ3) is 4.63. The molecule has 0 spiro atoms. The van der Waals surface area contributed by atoms with E-state index >= 15 is 0 Å². The van der Waals surface area contributed by atoms with Crippen molar-refractivity contribution in [1.82, 2.24) is 9.80 Å². The van der Waals surface area contributed by atoms with Gasteiger partial charge in [0.2, 0.25) is 0 Å². The van der Waals surface area contributed by atoms with Gasteiger partial charge in [0.15, 0.2) is 0 Å². The van der Waals surface area contributed by atoms with E-state index in [4.69, 9.17) is 9.47 Å². The first-order valence-electron chi connectivity index (χ1n) is 9.19. The van der Waals surface area contributed by atoms with Gasteiger partial charge in [-0.25, -0.2) is 9.59 Å². The summed E-state index contributed by atoms with van der Waals surface area (Å²) in [4.78, 5) is 28.0. The van der Waals surface area contributed by atoms with E-state index < -0.39 is 17.7 Å². The first kappa shape index (κ1) is 19.3. The fraction of sp³-hybridized carbons (Fsp3) is 0.579. The van der Waals surface area contributed by atoms with Crippen molar-refractivity contribution in [2.24, 2.45) is 0 Å². The first-order valence-corrected chi connectivity index (χ1v) is 9.19. The SMILES string of the molecule is CC(C)(C)OC(=O)N1CCN(C(=O)Nc2ccc3c(c2)CCO3)C(CO)C1. The Morgan fingerprint density at radius 3 is 2.81 bits per heavy atom. The molecule has 2 aliphatic heterocycles. The second-order valence-electron chi connectivity index (χ2n) is 7.81. The number of anilines is 1. The summed E-state index contributed by atoms with van der Waals surface area (Å²) >= 11 is 0. The van der Waals surface area contributed by atoms with E-state index in [1.54, 1.807) is 31.7 Å². The van der Waals surface area contributed by atoms with Gasteiger partial charge in [0.25, 0.3) is 0 Å². The minimum absolute atomic E-state index is 0.231. The molecule has 2 heterocycles. The molecule has 1 fully saturated rings. The van der Waals surface area contributed by atoms with E-state index in [-0.39, 0.29) is 19.2 Å². The number of aliphatic hydroxyl groups excluding tert-OH is 1. The number of benzene rings is 1. The number of ether oxygens (including phenoxy) is 2. The highest BCUT2D eigenvalue weighted by Gasteiger charge is 2.34. The number of rotatable bonds is 2. The van der Waals surface area contributed by atoms with Crippen LogP contribution in [0.2, 0.25) is 0 Å². The Morgan fingerprint density at radius 2 is 2.11 bits per heavy atom. The summed E-state index contributed by atoms with van der Waals surface area (Å²) in [6.07, 6.45) is 0.395. The third-order valence-electron chi connectivity index (χ3n) is 4.55. The highest BCUT2D eigenvalue weighted by molar-refractivity contribution is 5.90. The van der Waals surface area contributed by atoms with Gasteiger partial charge in [0.1, 0.15) is 11.4 Å². The quantitative estimate of drug-likeness (QED) is 0.823. The van der Waals surface area contributed by atoms with Gasteiger partial charge in [-0.1, -0.05) is 0 Å². The Hall–Kier alpha value is -2.48. The van der Waals surface area contributed by atoms with Crippen LogP contribution in [0.1, 0.15) is 26.3 Å². The van der Waals surface area contributed by atoms with E-state index in [0.717, 1.165) is 17.7 Å². The molecule has 0 aromatic heterocycles. The van der Waals surface area contributed by atoms with Crippen LogP contribution in [-0.4, -0.2) is 71.5 Å². The number of carbonyl (C=O) groups is 2. The average Bonchev–Trinajstić information content (AvgIpc) is 3.07.